The molecule has 40 heavy (non-hydrogen) atoms. The van der Waals surface area contributed by atoms with Gasteiger partial charge in [0, 0.05) is 36.4 Å². The minimum atomic E-state index is -1.16. The molecule has 210 valence electrons. The van der Waals surface area contributed by atoms with Crippen LogP contribution < -0.4 is 10.1 Å². The number of para-hydroxylation sites is 1. The number of esters is 2. The number of non-ortho nitro benzene ring substituents is 2. The second-order valence-corrected chi connectivity index (χ2v) is 8.43. The van der Waals surface area contributed by atoms with E-state index in [9.17, 15) is 39.4 Å². The summed E-state index contributed by atoms with van der Waals surface area (Å²) in [6, 6.07) is 6.40. The van der Waals surface area contributed by atoms with Crippen LogP contribution >= 0.6 is 0 Å². The Bertz CT molecular complexity index is 1390. The number of carbonyl (C=O) groups is 4. The fourth-order valence-electron chi connectivity index (χ4n) is 4.04. The van der Waals surface area contributed by atoms with Crippen molar-refractivity contribution in [2.75, 3.05) is 13.2 Å². The first-order valence-corrected chi connectivity index (χ1v) is 11.9. The monoisotopic (exact) mass is 556 g/mol. The van der Waals surface area contributed by atoms with Crippen molar-refractivity contribution >= 4 is 35.3 Å². The highest BCUT2D eigenvalue weighted by atomic mass is 16.6. The van der Waals surface area contributed by atoms with Gasteiger partial charge in [-0.25, -0.2) is 14.4 Å². The summed E-state index contributed by atoms with van der Waals surface area (Å²) in [5.41, 5.74) is -1.50. The van der Waals surface area contributed by atoms with Gasteiger partial charge in [-0.1, -0.05) is 18.2 Å². The minimum Gasteiger partial charge on any atom is -0.481 e. The van der Waals surface area contributed by atoms with E-state index in [0.717, 1.165) is 12.1 Å². The van der Waals surface area contributed by atoms with Crippen molar-refractivity contribution in [3.05, 3.63) is 85.1 Å². The van der Waals surface area contributed by atoms with Crippen LogP contribution in [0, 0.1) is 20.2 Å². The highest BCUT2D eigenvalue weighted by Gasteiger charge is 2.38. The maximum Gasteiger partial charge on any atom is 0.344 e. The van der Waals surface area contributed by atoms with Gasteiger partial charge in [-0.15, -0.1) is 0 Å². The van der Waals surface area contributed by atoms with Gasteiger partial charge in [0.1, 0.15) is 5.75 Å². The van der Waals surface area contributed by atoms with Crippen LogP contribution in [0.3, 0.4) is 0 Å². The van der Waals surface area contributed by atoms with Crippen LogP contribution in [0.4, 0.5) is 16.2 Å². The van der Waals surface area contributed by atoms with Gasteiger partial charge in [-0.2, -0.15) is 0 Å². The molecule has 1 aliphatic rings. The summed E-state index contributed by atoms with van der Waals surface area (Å²) < 4.78 is 10.6. The summed E-state index contributed by atoms with van der Waals surface area (Å²) in [5.74, 6) is -3.12. The fourth-order valence-corrected chi connectivity index (χ4v) is 4.04. The van der Waals surface area contributed by atoms with Crippen LogP contribution in [0.25, 0.3) is 0 Å². The van der Waals surface area contributed by atoms with Crippen molar-refractivity contribution in [2.45, 2.75) is 32.7 Å². The van der Waals surface area contributed by atoms with Crippen LogP contribution in [-0.4, -0.2) is 56.9 Å². The minimum absolute atomic E-state index is 0.00178. The van der Waals surface area contributed by atoms with E-state index >= 15 is 0 Å². The zero-order valence-corrected chi connectivity index (χ0v) is 21.3. The lowest BCUT2D eigenvalue weighted by Crippen LogP contribution is -2.48. The zero-order valence-electron chi connectivity index (χ0n) is 21.3. The number of nitrogens with zero attached hydrogens (tertiary/aromatic N) is 3. The first-order valence-electron chi connectivity index (χ1n) is 11.9. The van der Waals surface area contributed by atoms with Crippen LogP contribution in [0.5, 0.6) is 5.75 Å². The molecule has 0 fully saturated rings. The lowest BCUT2D eigenvalue weighted by atomic mass is 9.94. The number of nitrogens with one attached hydrogen (secondary N) is 1. The maximum atomic E-state index is 13.0. The molecule has 15 nitrogen and oxygen atoms in total. The number of urea groups is 1. The third kappa shape index (κ3) is 6.56. The Morgan fingerprint density at radius 2 is 1.68 bits per heavy atom. The average Bonchev–Trinajstić information content (AvgIpc) is 2.90. The molecule has 15 heteroatoms. The summed E-state index contributed by atoms with van der Waals surface area (Å²) in [5, 5.41) is 34.0. The standard InChI is InChI=1S/C25H24N4O11/c1-3-39-24(33)21-14(2)27(10-6-9-20(30)31)25(34)26-22(21)18-7-4-5-8-19(18)40-23(32)15-11-16(28(35)36)13-17(12-15)29(37)38/h4-5,7-8,11-13,22H,3,6,9-10H2,1-2H3,(H,26,34)(H,30,31). The predicted molar refractivity (Wildman–Crippen MR) is 135 cm³/mol. The number of nitro benzene ring substituents is 2. The molecule has 0 bridgehead atoms. The average molecular weight is 556 g/mol. The molecule has 0 radical (unpaired) electrons. The molecule has 3 rings (SSSR count). The lowest BCUT2D eigenvalue weighted by Gasteiger charge is -2.35. The number of carboxylic acids is 1. The molecule has 0 saturated carbocycles. The first kappa shape index (κ1) is 29.2. The molecule has 1 unspecified atom stereocenters. The van der Waals surface area contributed by atoms with Crippen LogP contribution in [0.15, 0.2) is 53.7 Å². The molecule has 2 aromatic carbocycles. The molecule has 2 N–H and O–H groups in total. The number of hydrogen-bond donors (Lipinski definition) is 2. The second-order valence-electron chi connectivity index (χ2n) is 8.43. The number of carboxylic acid groups (broad SMARTS) is 1. The second kappa shape index (κ2) is 12.5. The number of carbonyl (C=O) groups excluding carboxylic acids is 3. The summed E-state index contributed by atoms with van der Waals surface area (Å²) in [7, 11) is 0. The third-order valence-corrected chi connectivity index (χ3v) is 5.86. The van der Waals surface area contributed by atoms with Gasteiger partial charge in [-0.3, -0.25) is 29.9 Å². The molecule has 2 aromatic rings. The lowest BCUT2D eigenvalue weighted by molar-refractivity contribution is -0.394. The molecule has 1 heterocycles. The van der Waals surface area contributed by atoms with E-state index in [0.29, 0.717) is 6.07 Å². The molecule has 1 aliphatic heterocycles. The van der Waals surface area contributed by atoms with Crippen molar-refractivity contribution < 1.29 is 43.6 Å². The SMILES string of the molecule is CCOC(=O)C1=C(C)N(CCCC(=O)O)C(=O)NC1c1ccccc1OC(=O)c1cc([N+](=O)[O-])cc([N+](=O)[O-])c1. The van der Waals surface area contributed by atoms with Gasteiger partial charge in [0.05, 0.1) is 39.7 Å². The van der Waals surface area contributed by atoms with E-state index in [1.807, 2.05) is 0 Å². The van der Waals surface area contributed by atoms with Crippen molar-refractivity contribution in [2.24, 2.45) is 0 Å². The Morgan fingerprint density at radius 3 is 2.25 bits per heavy atom. The Hall–Kier alpha value is -5.34. The van der Waals surface area contributed by atoms with Gasteiger partial charge >= 0.3 is 23.9 Å². The van der Waals surface area contributed by atoms with Crippen LogP contribution in [0.1, 0.15) is 48.7 Å². The Kier molecular flexibility index (Phi) is 9.11. The number of nitro groups is 2. The maximum absolute atomic E-state index is 13.0. The first-order chi connectivity index (χ1) is 18.9. The summed E-state index contributed by atoms with van der Waals surface area (Å²) >= 11 is 0. The summed E-state index contributed by atoms with van der Waals surface area (Å²) in [6.07, 6.45) is -0.0891. The fraction of sp³-hybridized carbons (Fsp3) is 0.280. The number of benzene rings is 2. The highest BCUT2D eigenvalue weighted by molar-refractivity contribution is 5.96. The largest absolute Gasteiger partial charge is 0.481 e. The smallest absolute Gasteiger partial charge is 0.344 e. The molecule has 0 aliphatic carbocycles. The third-order valence-electron chi connectivity index (χ3n) is 5.86. The van der Waals surface area contributed by atoms with Crippen LogP contribution in [-0.2, 0) is 14.3 Å². The number of aliphatic carboxylic acids is 1. The number of hydrogen-bond acceptors (Lipinski definition) is 10. The topological polar surface area (TPSA) is 209 Å². The Morgan fingerprint density at radius 1 is 1.05 bits per heavy atom. The Balaban J connectivity index is 2.03. The van der Waals surface area contributed by atoms with E-state index in [1.54, 1.807) is 13.0 Å². The summed E-state index contributed by atoms with van der Waals surface area (Å²) in [4.78, 5) is 71.7. The van der Waals surface area contributed by atoms with Crippen molar-refractivity contribution in [3.8, 4) is 5.75 Å². The molecule has 1 atom stereocenters. The predicted octanol–water partition coefficient (Wildman–Crippen LogP) is 3.49. The van der Waals surface area contributed by atoms with Gasteiger partial charge in [0.25, 0.3) is 11.4 Å². The molecule has 0 spiro atoms. The van der Waals surface area contributed by atoms with E-state index in [2.05, 4.69) is 5.32 Å². The molecular formula is C25H24N4O11. The number of ether oxygens (including phenoxy) is 2. The normalized spacial score (nSPS) is 14.8. The van der Waals surface area contributed by atoms with E-state index in [4.69, 9.17) is 14.6 Å². The highest BCUT2D eigenvalue weighted by Crippen LogP contribution is 2.36. The molecule has 2 amide bonds. The van der Waals surface area contributed by atoms with E-state index in [-0.39, 0.29) is 48.6 Å². The molecule has 0 aromatic heterocycles. The van der Waals surface area contributed by atoms with Crippen LogP contribution in [0.2, 0.25) is 0 Å². The van der Waals surface area contributed by atoms with Crippen molar-refractivity contribution in [1.29, 1.82) is 0 Å². The zero-order chi connectivity index (χ0) is 29.6. The molecular weight excluding hydrogens is 532 g/mol. The molecule has 0 saturated heterocycles. The Labute approximate surface area is 226 Å². The number of amides is 2. The van der Waals surface area contributed by atoms with E-state index < -0.39 is 56.8 Å². The van der Waals surface area contributed by atoms with Gasteiger partial charge in [0.15, 0.2) is 0 Å². The van der Waals surface area contributed by atoms with Crippen molar-refractivity contribution in [3.63, 3.8) is 0 Å². The summed E-state index contributed by atoms with van der Waals surface area (Å²) in [6.45, 7) is 3.09. The van der Waals surface area contributed by atoms with Gasteiger partial charge in [-0.05, 0) is 26.3 Å². The van der Waals surface area contributed by atoms with Gasteiger partial charge < -0.3 is 19.9 Å². The van der Waals surface area contributed by atoms with Gasteiger partial charge in [0.2, 0.25) is 0 Å². The van der Waals surface area contributed by atoms with Crippen molar-refractivity contribution in [1.82, 2.24) is 10.2 Å². The number of allylic oxidation sites excluding steroid dienone is 1. The number of rotatable bonds is 11. The van der Waals surface area contributed by atoms with E-state index in [1.165, 1.54) is 30.0 Å². The quantitative estimate of drug-likeness (QED) is 0.177.